The van der Waals surface area contributed by atoms with Crippen molar-refractivity contribution in [1.29, 1.82) is 0 Å². The predicted octanol–water partition coefficient (Wildman–Crippen LogP) is 16.7. The third-order valence-corrected chi connectivity index (χ3v) is 13.4. The van der Waals surface area contributed by atoms with Gasteiger partial charge in [-0.25, -0.2) is 0 Å². The molecule has 0 unspecified atom stereocenters. The van der Waals surface area contributed by atoms with E-state index in [0.29, 0.717) is 0 Å². The molecule has 2 heteroatoms. The van der Waals surface area contributed by atoms with Crippen molar-refractivity contribution in [3.8, 4) is 50.2 Å². The first-order valence-corrected chi connectivity index (χ1v) is 21.9. The zero-order chi connectivity index (χ0) is 42.1. The van der Waals surface area contributed by atoms with Crippen LogP contribution in [-0.2, 0) is 5.41 Å². The molecule has 0 atom stereocenters. The Hall–Kier alpha value is -7.94. The van der Waals surface area contributed by atoms with Gasteiger partial charge in [0.25, 0.3) is 0 Å². The molecule has 0 N–H and O–H groups in total. The molecule has 1 aliphatic carbocycles. The second-order valence-corrected chi connectivity index (χ2v) is 17.4. The smallest absolute Gasteiger partial charge is 0.0541 e. The highest BCUT2D eigenvalue weighted by atomic mass is 15.1. The maximum Gasteiger partial charge on any atom is 0.0541 e. The summed E-state index contributed by atoms with van der Waals surface area (Å²) in [7, 11) is 0. The normalized spacial score (nSPS) is 12.7. The van der Waals surface area contributed by atoms with Gasteiger partial charge in [0.1, 0.15) is 0 Å². The first-order valence-electron chi connectivity index (χ1n) is 21.9. The number of rotatable bonds is 7. The van der Waals surface area contributed by atoms with E-state index < -0.39 is 0 Å². The van der Waals surface area contributed by atoms with E-state index in [4.69, 9.17) is 0 Å². The zero-order valence-corrected chi connectivity index (χ0v) is 35.3. The summed E-state index contributed by atoms with van der Waals surface area (Å²) in [5.74, 6) is 0. The fourth-order valence-corrected chi connectivity index (χ4v) is 10.2. The largest absolute Gasteiger partial charge is 0.310 e. The van der Waals surface area contributed by atoms with Gasteiger partial charge in [-0.1, -0.05) is 178 Å². The number of hydrogen-bond donors (Lipinski definition) is 0. The zero-order valence-electron chi connectivity index (χ0n) is 35.3. The lowest BCUT2D eigenvalue weighted by Gasteiger charge is -2.28. The highest BCUT2D eigenvalue weighted by Gasteiger charge is 2.35. The molecule has 1 aromatic heterocycles. The van der Waals surface area contributed by atoms with Gasteiger partial charge in [-0.15, -0.1) is 0 Å². The van der Waals surface area contributed by atoms with E-state index in [-0.39, 0.29) is 5.41 Å². The van der Waals surface area contributed by atoms with E-state index in [1.807, 2.05) is 0 Å². The number of aromatic nitrogens is 1. The van der Waals surface area contributed by atoms with Gasteiger partial charge < -0.3 is 9.47 Å². The highest BCUT2D eigenvalue weighted by Crippen LogP contribution is 2.51. The maximum absolute atomic E-state index is 2.42. The molecule has 1 aliphatic rings. The molecule has 0 radical (unpaired) electrons. The molecule has 1 heterocycles. The summed E-state index contributed by atoms with van der Waals surface area (Å²) in [6, 6.07) is 84.6. The Morgan fingerprint density at radius 2 is 0.905 bits per heavy atom. The lowest BCUT2D eigenvalue weighted by Crippen LogP contribution is -2.16. The molecular weight excluding hydrogens is 761 g/mol. The molecule has 11 aromatic rings. The van der Waals surface area contributed by atoms with Crippen LogP contribution in [-0.4, -0.2) is 4.57 Å². The minimum absolute atomic E-state index is 0.112. The summed E-state index contributed by atoms with van der Waals surface area (Å²) in [5.41, 5.74) is 19.5. The van der Waals surface area contributed by atoms with Crippen molar-refractivity contribution in [2.24, 2.45) is 0 Å². The average molecular weight is 805 g/mol. The minimum atomic E-state index is -0.112. The van der Waals surface area contributed by atoms with E-state index in [9.17, 15) is 0 Å². The molecule has 0 saturated heterocycles. The van der Waals surface area contributed by atoms with Crippen LogP contribution in [0.2, 0.25) is 0 Å². The Kier molecular flexibility index (Phi) is 8.55. The van der Waals surface area contributed by atoms with Gasteiger partial charge in [0.15, 0.2) is 0 Å². The van der Waals surface area contributed by atoms with E-state index in [1.54, 1.807) is 0 Å². The summed E-state index contributed by atoms with van der Waals surface area (Å²) in [6.45, 7) is 4.71. The van der Waals surface area contributed by atoms with Crippen molar-refractivity contribution in [1.82, 2.24) is 4.57 Å². The molecular formula is C61H44N2. The molecule has 0 amide bonds. The molecule has 10 aromatic carbocycles. The number of para-hydroxylation sites is 2. The molecule has 12 rings (SSSR count). The van der Waals surface area contributed by atoms with Crippen molar-refractivity contribution < 1.29 is 0 Å². The highest BCUT2D eigenvalue weighted by molar-refractivity contribution is 6.10. The first-order chi connectivity index (χ1) is 31.0. The summed E-state index contributed by atoms with van der Waals surface area (Å²) in [6.07, 6.45) is 0. The van der Waals surface area contributed by atoms with E-state index in [2.05, 4.69) is 254 Å². The van der Waals surface area contributed by atoms with Crippen LogP contribution < -0.4 is 4.90 Å². The first kappa shape index (κ1) is 36.9. The summed E-state index contributed by atoms with van der Waals surface area (Å²) < 4.78 is 2.37. The maximum atomic E-state index is 2.42. The van der Waals surface area contributed by atoms with Crippen molar-refractivity contribution in [3.05, 3.63) is 242 Å². The van der Waals surface area contributed by atoms with Gasteiger partial charge in [-0.05, 0) is 133 Å². The molecule has 0 fully saturated rings. The molecule has 0 spiro atoms. The number of hydrogen-bond acceptors (Lipinski definition) is 1. The van der Waals surface area contributed by atoms with Crippen LogP contribution in [0.1, 0.15) is 25.0 Å². The van der Waals surface area contributed by atoms with Gasteiger partial charge in [-0.3, -0.25) is 0 Å². The molecule has 63 heavy (non-hydrogen) atoms. The van der Waals surface area contributed by atoms with Gasteiger partial charge in [0, 0.05) is 38.9 Å². The standard InChI is InChI=1S/C61H44N2/c1-61(2)57-24-10-8-21-53(57)54-36-35-50(40-58(54)61)62(48-33-30-44(31-34-48)52-23-13-15-43-14-6-7-20-51(43)52)49-19-12-16-45(38-49)41-26-28-42(29-27-41)46-32-37-60-56(39-46)55-22-9-11-25-59(55)63(60)47-17-4-3-5-18-47/h3-40H,1-2H3. The number of benzene rings is 10. The van der Waals surface area contributed by atoms with Crippen molar-refractivity contribution in [2.75, 3.05) is 4.90 Å². The minimum Gasteiger partial charge on any atom is -0.310 e. The third-order valence-electron chi connectivity index (χ3n) is 13.4. The molecule has 298 valence electrons. The third kappa shape index (κ3) is 6.09. The van der Waals surface area contributed by atoms with Gasteiger partial charge in [-0.2, -0.15) is 0 Å². The molecule has 0 aliphatic heterocycles. The van der Waals surface area contributed by atoms with Crippen LogP contribution >= 0.6 is 0 Å². The van der Waals surface area contributed by atoms with Crippen molar-refractivity contribution >= 4 is 49.6 Å². The molecule has 0 bridgehead atoms. The van der Waals surface area contributed by atoms with Crippen LogP contribution in [0, 0.1) is 0 Å². The van der Waals surface area contributed by atoms with Crippen LogP contribution in [0.4, 0.5) is 17.1 Å². The summed E-state index contributed by atoms with van der Waals surface area (Å²) in [5, 5.41) is 5.03. The van der Waals surface area contributed by atoms with Crippen LogP contribution in [0.15, 0.2) is 231 Å². The van der Waals surface area contributed by atoms with Crippen LogP contribution in [0.3, 0.4) is 0 Å². The van der Waals surface area contributed by atoms with E-state index in [1.165, 1.54) is 93.9 Å². The fourth-order valence-electron chi connectivity index (χ4n) is 10.2. The average Bonchev–Trinajstić information content (AvgIpc) is 3.79. The van der Waals surface area contributed by atoms with Crippen LogP contribution in [0.25, 0.3) is 82.8 Å². The van der Waals surface area contributed by atoms with Gasteiger partial charge in [0.2, 0.25) is 0 Å². The van der Waals surface area contributed by atoms with Gasteiger partial charge in [0.05, 0.1) is 11.0 Å². The Bertz CT molecular complexity index is 3510. The van der Waals surface area contributed by atoms with E-state index >= 15 is 0 Å². The quantitative estimate of drug-likeness (QED) is 0.156. The SMILES string of the molecule is CC1(C)c2ccccc2-c2ccc(N(c3ccc(-c4cccc5ccccc45)cc3)c3cccc(-c4ccc(-c5ccc6c(c5)c5ccccc5n6-c5ccccc5)cc4)c3)cc21. The summed E-state index contributed by atoms with van der Waals surface area (Å²) >= 11 is 0. The lowest BCUT2D eigenvalue weighted by atomic mass is 9.82. The lowest BCUT2D eigenvalue weighted by molar-refractivity contribution is 0.660. The Labute approximate surface area is 368 Å². The number of fused-ring (bicyclic) bond motifs is 7. The summed E-state index contributed by atoms with van der Waals surface area (Å²) in [4.78, 5) is 2.42. The monoisotopic (exact) mass is 804 g/mol. The molecule has 2 nitrogen and oxygen atoms in total. The Morgan fingerprint density at radius 1 is 0.333 bits per heavy atom. The Balaban J connectivity index is 0.926. The number of anilines is 3. The second-order valence-electron chi connectivity index (χ2n) is 17.4. The molecule has 0 saturated carbocycles. The second kappa shape index (κ2) is 14.6. The number of nitrogens with zero attached hydrogens (tertiary/aromatic N) is 2. The van der Waals surface area contributed by atoms with Gasteiger partial charge >= 0.3 is 0 Å². The van der Waals surface area contributed by atoms with Crippen molar-refractivity contribution in [2.45, 2.75) is 19.3 Å². The predicted molar refractivity (Wildman–Crippen MR) is 267 cm³/mol. The van der Waals surface area contributed by atoms with E-state index in [0.717, 1.165) is 17.1 Å². The van der Waals surface area contributed by atoms with Crippen LogP contribution in [0.5, 0.6) is 0 Å². The Morgan fingerprint density at radius 3 is 1.73 bits per heavy atom. The van der Waals surface area contributed by atoms with Crippen molar-refractivity contribution in [3.63, 3.8) is 0 Å². The topological polar surface area (TPSA) is 8.17 Å². The fraction of sp³-hybridized carbons (Fsp3) is 0.0492.